The molecule has 0 saturated carbocycles. The summed E-state index contributed by atoms with van der Waals surface area (Å²) in [4.78, 5) is 23.7. The predicted octanol–water partition coefficient (Wildman–Crippen LogP) is 5.49. The van der Waals surface area contributed by atoms with Gasteiger partial charge in [0, 0.05) is 36.8 Å². The number of esters is 1. The molecule has 1 amide bonds. The van der Waals surface area contributed by atoms with Gasteiger partial charge in [0.25, 0.3) is 0 Å². The number of hydrogen-bond acceptors (Lipinski definition) is 8. The lowest BCUT2D eigenvalue weighted by molar-refractivity contribution is -0.143. The Labute approximate surface area is 264 Å². The SMILES string of the molecule is CCOC(=O)CCc1ccc(NCc2ccc(NC(C)=O)c(-c3c(C)cc(OCC4(O)CCS(=O)(=O)CC4)cc3C)c2)cc1F. The molecular formula is C34H41FN2O7S. The average molecular weight is 641 g/mol. The first-order valence-electron chi connectivity index (χ1n) is 15.0. The van der Waals surface area contributed by atoms with Gasteiger partial charge in [-0.25, -0.2) is 12.8 Å². The molecule has 9 nitrogen and oxygen atoms in total. The van der Waals surface area contributed by atoms with Crippen molar-refractivity contribution >= 4 is 33.1 Å². The molecule has 1 fully saturated rings. The third-order valence-electron chi connectivity index (χ3n) is 7.89. The van der Waals surface area contributed by atoms with Crippen LogP contribution in [0.1, 0.15) is 55.4 Å². The smallest absolute Gasteiger partial charge is 0.306 e. The largest absolute Gasteiger partial charge is 0.491 e. The lowest BCUT2D eigenvalue weighted by atomic mass is 9.92. The van der Waals surface area contributed by atoms with Gasteiger partial charge in [-0.15, -0.1) is 0 Å². The number of carbonyl (C=O) groups excluding carboxylic acids is 2. The highest BCUT2D eigenvalue weighted by Crippen LogP contribution is 2.37. The van der Waals surface area contributed by atoms with Crippen molar-refractivity contribution in [3.8, 4) is 16.9 Å². The van der Waals surface area contributed by atoms with Gasteiger partial charge in [-0.1, -0.05) is 12.1 Å². The van der Waals surface area contributed by atoms with E-state index in [-0.39, 0.29) is 55.7 Å². The van der Waals surface area contributed by atoms with E-state index in [1.807, 2.05) is 44.2 Å². The second-order valence-electron chi connectivity index (χ2n) is 11.6. The van der Waals surface area contributed by atoms with Gasteiger partial charge in [-0.3, -0.25) is 9.59 Å². The van der Waals surface area contributed by atoms with E-state index in [2.05, 4.69) is 10.6 Å². The Morgan fingerprint density at radius 3 is 2.33 bits per heavy atom. The van der Waals surface area contributed by atoms with Crippen molar-refractivity contribution in [2.75, 3.05) is 35.4 Å². The molecule has 1 aliphatic heterocycles. The molecule has 0 aliphatic carbocycles. The summed E-state index contributed by atoms with van der Waals surface area (Å²) in [6.45, 7) is 7.72. The Bertz CT molecular complexity index is 1640. The Balaban J connectivity index is 1.51. The van der Waals surface area contributed by atoms with Gasteiger partial charge in [-0.05, 0) is 104 Å². The van der Waals surface area contributed by atoms with E-state index in [4.69, 9.17) is 9.47 Å². The summed E-state index contributed by atoms with van der Waals surface area (Å²) in [5.74, 6) is -0.527. The summed E-state index contributed by atoms with van der Waals surface area (Å²) in [6, 6.07) is 14.3. The molecule has 0 radical (unpaired) electrons. The Morgan fingerprint density at radius 2 is 1.71 bits per heavy atom. The Hall–Kier alpha value is -3.96. The fourth-order valence-electron chi connectivity index (χ4n) is 5.45. The summed E-state index contributed by atoms with van der Waals surface area (Å²) in [5.41, 5.74) is 4.87. The molecule has 0 bridgehead atoms. The topological polar surface area (TPSA) is 131 Å². The maximum absolute atomic E-state index is 14.7. The number of benzene rings is 3. The Morgan fingerprint density at radius 1 is 1.02 bits per heavy atom. The highest BCUT2D eigenvalue weighted by atomic mass is 32.2. The summed E-state index contributed by atoms with van der Waals surface area (Å²) in [7, 11) is -3.11. The molecule has 0 spiro atoms. The molecule has 242 valence electrons. The Kier molecular flexibility index (Phi) is 10.9. The molecule has 3 aromatic rings. The van der Waals surface area contributed by atoms with Gasteiger partial charge in [0.05, 0.1) is 18.1 Å². The number of rotatable bonds is 12. The summed E-state index contributed by atoms with van der Waals surface area (Å²) < 4.78 is 49.2. The summed E-state index contributed by atoms with van der Waals surface area (Å²) in [6.07, 6.45) is 0.644. The van der Waals surface area contributed by atoms with E-state index >= 15 is 0 Å². The third kappa shape index (κ3) is 9.27. The highest BCUT2D eigenvalue weighted by Gasteiger charge is 2.36. The van der Waals surface area contributed by atoms with E-state index in [1.54, 1.807) is 19.1 Å². The van der Waals surface area contributed by atoms with E-state index in [0.717, 1.165) is 27.8 Å². The van der Waals surface area contributed by atoms with Crippen molar-refractivity contribution in [2.24, 2.45) is 0 Å². The zero-order chi connectivity index (χ0) is 32.8. The molecule has 1 saturated heterocycles. The molecule has 3 aromatic carbocycles. The van der Waals surface area contributed by atoms with Gasteiger partial charge >= 0.3 is 5.97 Å². The maximum Gasteiger partial charge on any atom is 0.306 e. The minimum Gasteiger partial charge on any atom is -0.491 e. The van der Waals surface area contributed by atoms with Gasteiger partial charge < -0.3 is 25.2 Å². The molecule has 0 unspecified atom stereocenters. The van der Waals surface area contributed by atoms with E-state index < -0.39 is 21.3 Å². The maximum atomic E-state index is 14.7. The average Bonchev–Trinajstić information content (AvgIpc) is 2.97. The zero-order valence-corrected chi connectivity index (χ0v) is 27.0. The fraction of sp³-hybridized carbons (Fsp3) is 0.412. The second kappa shape index (κ2) is 14.4. The van der Waals surface area contributed by atoms with Gasteiger partial charge in [0.2, 0.25) is 5.91 Å². The molecule has 11 heteroatoms. The molecule has 4 rings (SSSR count). The lowest BCUT2D eigenvalue weighted by Crippen LogP contribution is -2.43. The van der Waals surface area contributed by atoms with Crippen LogP contribution in [-0.2, 0) is 37.1 Å². The predicted molar refractivity (Wildman–Crippen MR) is 173 cm³/mol. The van der Waals surface area contributed by atoms with Crippen LogP contribution in [0.2, 0.25) is 0 Å². The van der Waals surface area contributed by atoms with Gasteiger partial charge in [-0.2, -0.15) is 0 Å². The van der Waals surface area contributed by atoms with E-state index in [0.29, 0.717) is 35.8 Å². The number of aliphatic hydroxyl groups is 1. The van der Waals surface area contributed by atoms with Crippen LogP contribution < -0.4 is 15.4 Å². The summed E-state index contributed by atoms with van der Waals surface area (Å²) in [5, 5.41) is 17.0. The van der Waals surface area contributed by atoms with Crippen LogP contribution in [0.5, 0.6) is 5.75 Å². The molecule has 45 heavy (non-hydrogen) atoms. The van der Waals surface area contributed by atoms with Crippen molar-refractivity contribution in [3.05, 3.63) is 76.6 Å². The minimum atomic E-state index is -3.11. The molecule has 0 aromatic heterocycles. The number of amides is 1. The summed E-state index contributed by atoms with van der Waals surface area (Å²) >= 11 is 0. The number of nitrogens with one attached hydrogen (secondary N) is 2. The van der Waals surface area contributed by atoms with Crippen LogP contribution in [0.15, 0.2) is 48.5 Å². The monoisotopic (exact) mass is 640 g/mol. The number of sulfone groups is 1. The first-order valence-corrected chi connectivity index (χ1v) is 16.9. The third-order valence-corrected chi connectivity index (χ3v) is 9.54. The minimum absolute atomic E-state index is 0.00792. The van der Waals surface area contributed by atoms with Crippen molar-refractivity contribution in [3.63, 3.8) is 0 Å². The van der Waals surface area contributed by atoms with Gasteiger partial charge in [0.1, 0.15) is 23.8 Å². The van der Waals surface area contributed by atoms with Crippen LogP contribution in [-0.4, -0.2) is 55.7 Å². The quantitative estimate of drug-likeness (QED) is 0.222. The van der Waals surface area contributed by atoms with Crippen molar-refractivity contribution < 1.29 is 37.0 Å². The van der Waals surface area contributed by atoms with Crippen LogP contribution >= 0.6 is 0 Å². The first kappa shape index (κ1) is 33.9. The van der Waals surface area contributed by atoms with Crippen molar-refractivity contribution in [2.45, 2.75) is 65.5 Å². The number of carbonyl (C=O) groups is 2. The first-order chi connectivity index (χ1) is 21.3. The molecular weight excluding hydrogens is 599 g/mol. The van der Waals surface area contributed by atoms with Crippen LogP contribution in [0, 0.1) is 19.7 Å². The van der Waals surface area contributed by atoms with Gasteiger partial charge in [0.15, 0.2) is 9.84 Å². The van der Waals surface area contributed by atoms with Crippen LogP contribution in [0.25, 0.3) is 11.1 Å². The molecule has 1 aliphatic rings. The molecule has 0 atom stereocenters. The fourth-order valence-corrected chi connectivity index (χ4v) is 7.04. The zero-order valence-electron chi connectivity index (χ0n) is 26.2. The lowest BCUT2D eigenvalue weighted by Gasteiger charge is -2.31. The van der Waals surface area contributed by atoms with E-state index in [9.17, 15) is 27.5 Å². The standard InChI is InChI=1S/C34H41FN2O7S/c1-5-43-32(39)11-8-26-7-9-27(19-30(26)35)36-20-25-6-10-31(37-24(4)38)29(18-25)33-22(2)16-28(17-23(33)3)44-21-34(40)12-14-45(41,42)15-13-34/h6-7,9-10,16-19,36,40H,5,8,11-15,20-21H2,1-4H3,(H,37,38). The normalized spacial score (nSPS) is 15.2. The molecule has 3 N–H and O–H groups in total. The van der Waals surface area contributed by atoms with Crippen molar-refractivity contribution in [1.29, 1.82) is 0 Å². The number of aryl methyl sites for hydroxylation is 3. The number of halogens is 1. The number of hydrogen-bond donors (Lipinski definition) is 3. The van der Waals surface area contributed by atoms with Crippen LogP contribution in [0.3, 0.4) is 0 Å². The van der Waals surface area contributed by atoms with Crippen molar-refractivity contribution in [1.82, 2.24) is 0 Å². The molecule has 1 heterocycles. The van der Waals surface area contributed by atoms with E-state index in [1.165, 1.54) is 13.0 Å². The van der Waals surface area contributed by atoms with Crippen LogP contribution in [0.4, 0.5) is 15.8 Å². The highest BCUT2D eigenvalue weighted by molar-refractivity contribution is 7.91. The number of anilines is 2. The number of ether oxygens (including phenoxy) is 2. The second-order valence-corrected chi connectivity index (χ2v) is 13.9.